The van der Waals surface area contributed by atoms with Crippen LogP contribution in [0.2, 0.25) is 0 Å². The second kappa shape index (κ2) is 16.1. The number of nitrogens with one attached hydrogen (secondary N) is 1. The number of fused-ring (bicyclic) bond motifs is 1. The van der Waals surface area contributed by atoms with Crippen LogP contribution in [0.15, 0.2) is 39.0 Å². The summed E-state index contributed by atoms with van der Waals surface area (Å²) in [5.41, 5.74) is -8.15. The molecule has 0 aliphatic heterocycles. The standard InChI is InChI=1S/C15H15F3N2O6S.C13H12F3NO5/c1-26-4-3-12(21)8-5-9-11(6-10(8)15(16,17)18)19-14(23)20(13(9)22)7-27(2,24)25;1-21-4-3-11(18)7-5-8(12(19)22-2)10(17-20)6-9(7)13(14,15)16/h5-6H,3-4,7H2,1-2H3,(H,19,23);5-6H,3-4H2,1-2H3. The minimum absolute atomic E-state index is 0.0859. The van der Waals surface area contributed by atoms with Gasteiger partial charge in [0.05, 0.1) is 47.9 Å². The first kappa shape index (κ1) is 40.4. The summed E-state index contributed by atoms with van der Waals surface area (Å²) < 4.78 is 116. The second-order valence-electron chi connectivity index (χ2n) is 9.99. The van der Waals surface area contributed by atoms with Crippen molar-refractivity contribution in [3.8, 4) is 0 Å². The van der Waals surface area contributed by atoms with Crippen LogP contribution in [0.4, 0.5) is 32.0 Å². The number of halogens is 6. The number of methoxy groups -OCH3 is 3. The zero-order chi connectivity index (χ0) is 37.5. The van der Waals surface area contributed by atoms with E-state index in [9.17, 15) is 63.6 Å². The van der Waals surface area contributed by atoms with Gasteiger partial charge in [-0.1, -0.05) is 0 Å². The van der Waals surface area contributed by atoms with E-state index in [1.165, 1.54) is 14.2 Å². The quantitative estimate of drug-likeness (QED) is 0.122. The van der Waals surface area contributed by atoms with Crippen LogP contribution >= 0.6 is 0 Å². The fourth-order valence-corrected chi connectivity index (χ4v) is 4.88. The number of rotatable bonds is 12. The highest BCUT2D eigenvalue weighted by Crippen LogP contribution is 2.37. The van der Waals surface area contributed by atoms with Crippen LogP contribution in [-0.4, -0.2) is 76.3 Å². The zero-order valence-electron chi connectivity index (χ0n) is 25.9. The molecule has 1 aromatic heterocycles. The van der Waals surface area contributed by atoms with Crippen LogP contribution in [-0.2, 0) is 42.3 Å². The number of carbonyl (C=O) groups excluding carboxylic acids is 3. The Bertz CT molecular complexity index is 1990. The topological polar surface area (TPSA) is 197 Å². The molecule has 14 nitrogen and oxygen atoms in total. The van der Waals surface area contributed by atoms with Gasteiger partial charge in [-0.2, -0.15) is 26.3 Å². The lowest BCUT2D eigenvalue weighted by Gasteiger charge is -2.14. The fourth-order valence-electron chi connectivity index (χ4n) is 4.18. The Morgan fingerprint density at radius 1 is 0.816 bits per heavy atom. The molecule has 0 fully saturated rings. The number of Topliss-reactive ketones (excluding diaryl/α,β-unsaturated/α-hetero) is 2. The van der Waals surface area contributed by atoms with Crippen molar-refractivity contribution in [1.29, 1.82) is 0 Å². The summed E-state index contributed by atoms with van der Waals surface area (Å²) in [6, 6.07) is 2.23. The molecule has 3 rings (SSSR count). The van der Waals surface area contributed by atoms with E-state index < -0.39 is 101 Å². The monoisotopic (exact) mass is 727 g/mol. The normalized spacial score (nSPS) is 11.9. The molecule has 1 heterocycles. The Balaban J connectivity index is 0.000000348. The lowest BCUT2D eigenvalue weighted by atomic mass is 9.97. The molecule has 3 aromatic rings. The summed E-state index contributed by atoms with van der Waals surface area (Å²) in [6.45, 7) is -0.213. The SMILES string of the molecule is COCCC(=O)c1cc(C(=O)OC)c(N=O)cc1C(F)(F)F.COCCC(=O)c1cc2c(=O)n(CS(C)(=O)=O)c(=O)[nH]c2cc1C(F)(F)F. The van der Waals surface area contributed by atoms with Crippen LogP contribution in [0.3, 0.4) is 0 Å². The molecule has 2 aromatic carbocycles. The van der Waals surface area contributed by atoms with Crippen molar-refractivity contribution >= 4 is 44.0 Å². The summed E-state index contributed by atoms with van der Waals surface area (Å²) in [5.74, 6) is -3.81. The number of hydrogen-bond donors (Lipinski definition) is 1. The molecule has 0 amide bonds. The second-order valence-corrected chi connectivity index (χ2v) is 12.1. The molecule has 0 atom stereocenters. The Hall–Kier alpha value is -4.76. The largest absolute Gasteiger partial charge is 0.465 e. The summed E-state index contributed by atoms with van der Waals surface area (Å²) in [6.07, 6.45) is -9.67. The highest BCUT2D eigenvalue weighted by Gasteiger charge is 2.38. The van der Waals surface area contributed by atoms with Crippen LogP contribution < -0.4 is 11.2 Å². The van der Waals surface area contributed by atoms with Gasteiger partial charge in [0.1, 0.15) is 11.6 Å². The number of carbonyl (C=O) groups is 3. The number of benzene rings is 2. The molecule has 268 valence electrons. The minimum atomic E-state index is -4.91. The third-order valence-corrected chi connectivity index (χ3v) is 7.13. The van der Waals surface area contributed by atoms with Gasteiger partial charge in [0.15, 0.2) is 21.4 Å². The number of ether oxygens (including phenoxy) is 3. The number of aromatic nitrogens is 2. The Kier molecular flexibility index (Phi) is 13.3. The fraction of sp³-hybridized carbons (Fsp3) is 0.393. The number of ketones is 2. The van der Waals surface area contributed by atoms with Crippen LogP contribution in [0.5, 0.6) is 0 Å². The molecular weight excluding hydrogens is 700 g/mol. The molecule has 1 N–H and O–H groups in total. The maximum Gasteiger partial charge on any atom is 0.417 e. The van der Waals surface area contributed by atoms with Crippen molar-refractivity contribution in [2.24, 2.45) is 5.18 Å². The first-order valence-corrected chi connectivity index (χ1v) is 15.4. The summed E-state index contributed by atoms with van der Waals surface area (Å²) in [4.78, 5) is 72.6. The Labute approximate surface area is 271 Å². The van der Waals surface area contributed by atoms with Gasteiger partial charge in [-0.05, 0) is 29.4 Å². The number of nitroso groups, excluding NO2 is 1. The predicted molar refractivity (Wildman–Crippen MR) is 159 cm³/mol. The number of nitrogens with zero attached hydrogens (tertiary/aromatic N) is 2. The smallest absolute Gasteiger partial charge is 0.417 e. The van der Waals surface area contributed by atoms with E-state index in [0.717, 1.165) is 13.4 Å². The molecule has 0 spiro atoms. The van der Waals surface area contributed by atoms with E-state index >= 15 is 0 Å². The van der Waals surface area contributed by atoms with E-state index in [4.69, 9.17) is 0 Å². The van der Waals surface area contributed by atoms with E-state index in [1.807, 2.05) is 0 Å². The third kappa shape index (κ3) is 10.4. The van der Waals surface area contributed by atoms with E-state index in [1.54, 1.807) is 0 Å². The molecule has 0 aliphatic carbocycles. The molecule has 0 radical (unpaired) electrons. The average molecular weight is 728 g/mol. The minimum Gasteiger partial charge on any atom is -0.465 e. The molecule has 0 aliphatic rings. The molecular formula is C28H27F6N3O11S. The predicted octanol–water partition coefficient (Wildman–Crippen LogP) is 4.04. The lowest BCUT2D eigenvalue weighted by Crippen LogP contribution is -2.37. The van der Waals surface area contributed by atoms with Gasteiger partial charge >= 0.3 is 24.0 Å². The highest BCUT2D eigenvalue weighted by atomic mass is 32.2. The molecule has 0 saturated carbocycles. The van der Waals surface area contributed by atoms with Crippen LogP contribution in [0.1, 0.15) is 55.0 Å². The van der Waals surface area contributed by atoms with Crippen molar-refractivity contribution in [3.05, 3.63) is 77.8 Å². The van der Waals surface area contributed by atoms with Gasteiger partial charge in [-0.15, -0.1) is 4.91 Å². The molecule has 0 saturated heterocycles. The van der Waals surface area contributed by atoms with E-state index in [2.05, 4.69) is 24.4 Å². The lowest BCUT2D eigenvalue weighted by molar-refractivity contribution is -0.138. The first-order chi connectivity index (χ1) is 22.6. The number of esters is 1. The van der Waals surface area contributed by atoms with Crippen LogP contribution in [0, 0.1) is 4.91 Å². The highest BCUT2D eigenvalue weighted by molar-refractivity contribution is 7.89. The number of hydrogen-bond acceptors (Lipinski definition) is 12. The van der Waals surface area contributed by atoms with E-state index in [0.29, 0.717) is 28.8 Å². The Morgan fingerprint density at radius 2 is 1.31 bits per heavy atom. The third-order valence-electron chi connectivity index (χ3n) is 6.40. The van der Waals surface area contributed by atoms with Crippen molar-refractivity contribution in [1.82, 2.24) is 9.55 Å². The van der Waals surface area contributed by atoms with Crippen molar-refractivity contribution in [2.45, 2.75) is 31.1 Å². The maximum absolute atomic E-state index is 13.3. The molecule has 49 heavy (non-hydrogen) atoms. The van der Waals surface area contributed by atoms with Gasteiger partial charge < -0.3 is 19.2 Å². The van der Waals surface area contributed by atoms with Gasteiger partial charge in [0.2, 0.25) is 0 Å². The number of H-pyrrole nitrogens is 1. The zero-order valence-corrected chi connectivity index (χ0v) is 26.7. The number of sulfone groups is 1. The Morgan fingerprint density at radius 3 is 1.73 bits per heavy atom. The average Bonchev–Trinajstić information content (AvgIpc) is 3.01. The van der Waals surface area contributed by atoms with Crippen molar-refractivity contribution in [2.75, 3.05) is 40.8 Å². The maximum atomic E-state index is 13.3. The van der Waals surface area contributed by atoms with Gasteiger partial charge in [0.25, 0.3) is 5.56 Å². The number of aromatic amines is 1. The van der Waals surface area contributed by atoms with Crippen LogP contribution in [0.25, 0.3) is 10.9 Å². The van der Waals surface area contributed by atoms with Gasteiger partial charge in [-0.25, -0.2) is 22.6 Å². The molecule has 0 bridgehead atoms. The van der Waals surface area contributed by atoms with Crippen molar-refractivity contribution in [3.63, 3.8) is 0 Å². The summed E-state index contributed by atoms with van der Waals surface area (Å²) >= 11 is 0. The first-order valence-electron chi connectivity index (χ1n) is 13.4. The van der Waals surface area contributed by atoms with Crippen molar-refractivity contribution < 1.29 is 63.4 Å². The van der Waals surface area contributed by atoms with Gasteiger partial charge in [-0.3, -0.25) is 14.4 Å². The van der Waals surface area contributed by atoms with Gasteiger partial charge in [0, 0.05) is 44.4 Å². The number of alkyl halides is 6. The summed E-state index contributed by atoms with van der Waals surface area (Å²) in [7, 11) is -0.234. The summed E-state index contributed by atoms with van der Waals surface area (Å²) in [5, 5.41) is 1.98. The molecule has 21 heteroatoms. The van der Waals surface area contributed by atoms with E-state index in [-0.39, 0.29) is 26.1 Å². The molecule has 0 unspecified atom stereocenters.